The minimum absolute atomic E-state index is 0.358. The molecule has 0 radical (unpaired) electrons. The van der Waals surface area contributed by atoms with Gasteiger partial charge in [-0.15, -0.1) is 0 Å². The molecule has 0 spiro atoms. The fourth-order valence-corrected chi connectivity index (χ4v) is 2.74. The molecule has 1 fully saturated rings. The summed E-state index contributed by atoms with van der Waals surface area (Å²) >= 11 is 0. The highest BCUT2D eigenvalue weighted by molar-refractivity contribution is 5.61. The van der Waals surface area contributed by atoms with Crippen molar-refractivity contribution in [2.24, 2.45) is 0 Å². The molecule has 4 nitrogen and oxygen atoms in total. The highest BCUT2D eigenvalue weighted by Gasteiger charge is 2.36. The normalized spacial score (nSPS) is 16.4. The summed E-state index contributed by atoms with van der Waals surface area (Å²) in [5.74, 6) is 2.04. The Morgan fingerprint density at radius 2 is 1.50 bits per heavy atom. The lowest BCUT2D eigenvalue weighted by atomic mass is 10.1. The Balaban J connectivity index is 1.89. The summed E-state index contributed by atoms with van der Waals surface area (Å²) in [6.45, 7) is 3.10. The van der Waals surface area contributed by atoms with E-state index in [0.717, 1.165) is 6.54 Å². The van der Waals surface area contributed by atoms with E-state index in [0.29, 0.717) is 23.3 Å². The van der Waals surface area contributed by atoms with Crippen molar-refractivity contribution in [3.8, 4) is 17.2 Å². The maximum atomic E-state index is 5.43. The van der Waals surface area contributed by atoms with Gasteiger partial charge in [-0.05, 0) is 36.8 Å². The van der Waals surface area contributed by atoms with Crippen LogP contribution >= 0.6 is 0 Å². The molecule has 1 atom stereocenters. The predicted molar refractivity (Wildman–Crippen MR) is 87.4 cm³/mol. The van der Waals surface area contributed by atoms with Gasteiger partial charge in [-0.2, -0.15) is 0 Å². The lowest BCUT2D eigenvalue weighted by Gasteiger charge is -2.14. The van der Waals surface area contributed by atoms with Crippen molar-refractivity contribution < 1.29 is 14.2 Å². The van der Waals surface area contributed by atoms with Crippen molar-refractivity contribution in [1.29, 1.82) is 0 Å². The molecule has 3 rings (SSSR count). The second-order valence-corrected chi connectivity index (χ2v) is 5.46. The quantitative estimate of drug-likeness (QED) is 0.790. The van der Waals surface area contributed by atoms with Gasteiger partial charge < -0.3 is 19.1 Å². The van der Waals surface area contributed by atoms with Gasteiger partial charge in [0.05, 0.1) is 27.4 Å². The number of aryl methyl sites for hydroxylation is 1. The van der Waals surface area contributed by atoms with E-state index >= 15 is 0 Å². The maximum absolute atomic E-state index is 5.43. The highest BCUT2D eigenvalue weighted by atomic mass is 16.5. The summed E-state index contributed by atoms with van der Waals surface area (Å²) in [5.41, 5.74) is 3.69. The zero-order valence-corrected chi connectivity index (χ0v) is 13.4. The molecule has 4 heteroatoms. The Bertz CT molecular complexity index is 642. The van der Waals surface area contributed by atoms with Crippen molar-refractivity contribution in [2.45, 2.75) is 13.0 Å². The molecule has 116 valence electrons. The van der Waals surface area contributed by atoms with E-state index < -0.39 is 0 Å². The fourth-order valence-electron chi connectivity index (χ4n) is 2.74. The molecule has 0 bridgehead atoms. The molecule has 2 aromatic carbocycles. The second-order valence-electron chi connectivity index (χ2n) is 5.46. The monoisotopic (exact) mass is 299 g/mol. The van der Waals surface area contributed by atoms with Crippen LogP contribution in [0.25, 0.3) is 0 Å². The molecule has 1 aliphatic rings. The number of hydrogen-bond acceptors (Lipinski definition) is 4. The minimum Gasteiger partial charge on any atom is -0.493 e. The van der Waals surface area contributed by atoms with Gasteiger partial charge in [0.25, 0.3) is 0 Å². The predicted octanol–water partition coefficient (Wildman–Crippen LogP) is 3.58. The van der Waals surface area contributed by atoms with Gasteiger partial charge >= 0.3 is 0 Å². The van der Waals surface area contributed by atoms with Crippen LogP contribution in [0.15, 0.2) is 36.4 Å². The topological polar surface area (TPSA) is 30.7 Å². The van der Waals surface area contributed by atoms with Gasteiger partial charge in [0.2, 0.25) is 5.75 Å². The summed E-state index contributed by atoms with van der Waals surface area (Å²) in [6.07, 6.45) is 0. The van der Waals surface area contributed by atoms with Gasteiger partial charge in [-0.1, -0.05) is 17.7 Å². The minimum atomic E-state index is 0.358. The molecule has 1 unspecified atom stereocenters. The molecule has 0 aromatic heterocycles. The molecular formula is C18H21NO3. The van der Waals surface area contributed by atoms with Crippen LogP contribution in [0.1, 0.15) is 17.2 Å². The summed E-state index contributed by atoms with van der Waals surface area (Å²) in [4.78, 5) is 2.35. The van der Waals surface area contributed by atoms with E-state index in [4.69, 9.17) is 14.2 Å². The smallest absolute Gasteiger partial charge is 0.203 e. The standard InChI is InChI=1S/C18H21NO3/c1-12-5-7-14(8-6-12)19-11-15(19)13-9-16(20-2)18(22-4)17(10-13)21-3/h5-10,15H,11H2,1-4H3. The number of hydrogen-bond donors (Lipinski definition) is 0. The summed E-state index contributed by atoms with van der Waals surface area (Å²) < 4.78 is 16.2. The summed E-state index contributed by atoms with van der Waals surface area (Å²) in [7, 11) is 4.91. The molecule has 1 heterocycles. The molecule has 22 heavy (non-hydrogen) atoms. The molecule has 0 saturated carbocycles. The number of methoxy groups -OCH3 is 3. The van der Waals surface area contributed by atoms with Gasteiger partial charge in [-0.25, -0.2) is 0 Å². The number of nitrogens with zero attached hydrogens (tertiary/aromatic N) is 1. The lowest BCUT2D eigenvalue weighted by Crippen LogP contribution is -1.99. The number of ether oxygens (including phenoxy) is 3. The zero-order valence-electron chi connectivity index (χ0n) is 13.4. The fraction of sp³-hybridized carbons (Fsp3) is 0.333. The highest BCUT2D eigenvalue weighted by Crippen LogP contribution is 2.46. The van der Waals surface area contributed by atoms with Crippen molar-refractivity contribution in [3.05, 3.63) is 47.5 Å². The van der Waals surface area contributed by atoms with E-state index in [1.807, 2.05) is 12.1 Å². The number of anilines is 1. The Kier molecular flexibility index (Phi) is 3.84. The zero-order chi connectivity index (χ0) is 15.7. The molecule has 0 aliphatic carbocycles. The first-order chi connectivity index (χ1) is 10.7. The first kappa shape index (κ1) is 14.6. The van der Waals surface area contributed by atoms with Crippen LogP contribution in [-0.4, -0.2) is 27.9 Å². The van der Waals surface area contributed by atoms with Crippen LogP contribution in [0.5, 0.6) is 17.2 Å². The maximum Gasteiger partial charge on any atom is 0.203 e. The largest absolute Gasteiger partial charge is 0.493 e. The lowest BCUT2D eigenvalue weighted by molar-refractivity contribution is 0.324. The van der Waals surface area contributed by atoms with Gasteiger partial charge in [0, 0.05) is 12.2 Å². The molecule has 1 aliphatic heterocycles. The molecular weight excluding hydrogens is 278 g/mol. The molecule has 1 saturated heterocycles. The van der Waals surface area contributed by atoms with Gasteiger partial charge in [0.15, 0.2) is 11.5 Å². The van der Waals surface area contributed by atoms with Gasteiger partial charge in [-0.3, -0.25) is 0 Å². The van der Waals surface area contributed by atoms with Crippen molar-refractivity contribution in [1.82, 2.24) is 0 Å². The Labute approximate surface area is 131 Å². The van der Waals surface area contributed by atoms with Crippen LogP contribution in [0, 0.1) is 6.92 Å². The first-order valence-electron chi connectivity index (χ1n) is 7.31. The molecule has 0 amide bonds. The van der Waals surface area contributed by atoms with E-state index in [1.54, 1.807) is 21.3 Å². The molecule has 0 N–H and O–H groups in total. The second kappa shape index (κ2) is 5.79. The number of benzene rings is 2. The average Bonchev–Trinajstić information content (AvgIpc) is 3.34. The van der Waals surface area contributed by atoms with Crippen molar-refractivity contribution in [3.63, 3.8) is 0 Å². The number of rotatable bonds is 5. The Morgan fingerprint density at radius 3 is 2.00 bits per heavy atom. The van der Waals surface area contributed by atoms with Gasteiger partial charge in [0.1, 0.15) is 0 Å². The van der Waals surface area contributed by atoms with Crippen molar-refractivity contribution in [2.75, 3.05) is 32.8 Å². The third-order valence-electron chi connectivity index (χ3n) is 4.05. The van der Waals surface area contributed by atoms with Crippen LogP contribution in [0.2, 0.25) is 0 Å². The van der Waals surface area contributed by atoms with Crippen LogP contribution in [-0.2, 0) is 0 Å². The van der Waals surface area contributed by atoms with E-state index in [9.17, 15) is 0 Å². The van der Waals surface area contributed by atoms with E-state index in [1.165, 1.54) is 16.8 Å². The van der Waals surface area contributed by atoms with Crippen LogP contribution in [0.4, 0.5) is 5.69 Å². The van der Waals surface area contributed by atoms with E-state index in [2.05, 4.69) is 36.1 Å². The van der Waals surface area contributed by atoms with Crippen LogP contribution < -0.4 is 19.1 Å². The molecule has 2 aromatic rings. The SMILES string of the molecule is COc1cc(C2CN2c2ccc(C)cc2)cc(OC)c1OC. The first-order valence-corrected chi connectivity index (χ1v) is 7.31. The average molecular weight is 299 g/mol. The van der Waals surface area contributed by atoms with Crippen molar-refractivity contribution >= 4 is 5.69 Å². The summed E-state index contributed by atoms with van der Waals surface area (Å²) in [6, 6.07) is 13.0. The third kappa shape index (κ3) is 2.56. The Morgan fingerprint density at radius 1 is 0.909 bits per heavy atom. The summed E-state index contributed by atoms with van der Waals surface area (Å²) in [5, 5.41) is 0. The third-order valence-corrected chi connectivity index (χ3v) is 4.05. The Hall–Kier alpha value is -2.36. The van der Waals surface area contributed by atoms with E-state index in [-0.39, 0.29) is 0 Å². The van der Waals surface area contributed by atoms with Crippen LogP contribution in [0.3, 0.4) is 0 Å².